The van der Waals surface area contributed by atoms with E-state index in [-0.39, 0.29) is 31.0 Å². The molecule has 0 saturated carbocycles. The van der Waals surface area contributed by atoms with Gasteiger partial charge in [0.05, 0.1) is 0 Å². The summed E-state index contributed by atoms with van der Waals surface area (Å²) in [7, 11) is 0. The van der Waals surface area contributed by atoms with Gasteiger partial charge in [-0.25, -0.2) is 0 Å². The monoisotopic (exact) mass is 116 g/mol. The van der Waals surface area contributed by atoms with Crippen LogP contribution in [0.25, 0.3) is 0 Å². The van der Waals surface area contributed by atoms with Crippen LogP contribution in [0.1, 0.15) is 15.3 Å². The van der Waals surface area contributed by atoms with Crippen LogP contribution in [0.3, 0.4) is 0 Å². The molecule has 0 N–H and O–H groups in total. The molecule has 0 unspecified atom stereocenters. The normalized spacial score (nSPS) is 8.00. The van der Waals surface area contributed by atoms with Gasteiger partial charge in [-0.15, -0.1) is 11.6 Å². The molecule has 2 heteroatoms. The van der Waals surface area contributed by atoms with Crippen LogP contribution in [0, 0.1) is 5.92 Å². The minimum absolute atomic E-state index is 0. The molecule has 0 aliphatic rings. The average Bonchev–Trinajstić information content (AvgIpc) is 1.38. The first-order chi connectivity index (χ1) is 2.27. The molecule has 0 bridgehead atoms. The van der Waals surface area contributed by atoms with Gasteiger partial charge < -0.3 is 1.43 Å². The van der Waals surface area contributed by atoms with Gasteiger partial charge in [-0.05, 0) is 5.92 Å². The Morgan fingerprint density at radius 1 is 1.67 bits per heavy atom. The van der Waals surface area contributed by atoms with Crippen LogP contribution >= 0.6 is 11.6 Å². The maximum atomic E-state index is 5.34. The number of rotatable bonds is 1. The Balaban J connectivity index is -0.0000000800. The molecule has 0 heterocycles. The van der Waals surface area contributed by atoms with E-state index in [0.717, 1.165) is 5.88 Å². The SMILES string of the molecule is CC(C)CCl.[H-].[Na+]. The van der Waals surface area contributed by atoms with Crippen molar-refractivity contribution >= 4 is 11.6 Å². The maximum absolute atomic E-state index is 5.34. The third-order valence-electron chi connectivity index (χ3n) is 0.309. The van der Waals surface area contributed by atoms with E-state index in [4.69, 9.17) is 11.6 Å². The molecule has 0 rings (SSSR count). The van der Waals surface area contributed by atoms with Gasteiger partial charge in [0.15, 0.2) is 0 Å². The van der Waals surface area contributed by atoms with E-state index in [9.17, 15) is 0 Å². The smallest absolute Gasteiger partial charge is 1.00 e. The van der Waals surface area contributed by atoms with Crippen LogP contribution in [0.5, 0.6) is 0 Å². The van der Waals surface area contributed by atoms with Crippen molar-refractivity contribution in [1.29, 1.82) is 0 Å². The van der Waals surface area contributed by atoms with Crippen LogP contribution in [0.15, 0.2) is 0 Å². The summed E-state index contributed by atoms with van der Waals surface area (Å²) in [4.78, 5) is 0. The van der Waals surface area contributed by atoms with Crippen molar-refractivity contribution in [3.05, 3.63) is 0 Å². The predicted molar refractivity (Wildman–Crippen MR) is 26.7 cm³/mol. The second-order valence-electron chi connectivity index (χ2n) is 1.55. The first-order valence-electron chi connectivity index (χ1n) is 1.83. The summed E-state index contributed by atoms with van der Waals surface area (Å²) in [5.41, 5.74) is 0. The van der Waals surface area contributed by atoms with Gasteiger partial charge in [0.25, 0.3) is 0 Å². The molecule has 0 atom stereocenters. The van der Waals surface area contributed by atoms with Crippen LogP contribution in [0.4, 0.5) is 0 Å². The molecule has 0 aromatic carbocycles. The summed E-state index contributed by atoms with van der Waals surface area (Å²) in [5.74, 6) is 1.43. The van der Waals surface area contributed by atoms with E-state index in [1.54, 1.807) is 0 Å². The van der Waals surface area contributed by atoms with Gasteiger partial charge in [-0.2, -0.15) is 0 Å². The number of alkyl halides is 1. The fourth-order valence-corrected chi connectivity index (χ4v) is 0. The van der Waals surface area contributed by atoms with Gasteiger partial charge in [0.1, 0.15) is 0 Å². The fourth-order valence-electron chi connectivity index (χ4n) is 0. The summed E-state index contributed by atoms with van der Waals surface area (Å²) in [6.07, 6.45) is 0. The van der Waals surface area contributed by atoms with E-state index in [2.05, 4.69) is 13.8 Å². The molecule has 0 fully saturated rings. The first kappa shape index (κ1) is 10.3. The molecule has 0 nitrogen and oxygen atoms in total. The molecule has 0 spiro atoms. The van der Waals surface area contributed by atoms with Gasteiger partial charge >= 0.3 is 29.6 Å². The number of hydrogen-bond acceptors (Lipinski definition) is 0. The minimum atomic E-state index is 0. The van der Waals surface area contributed by atoms with E-state index >= 15 is 0 Å². The zero-order valence-electron chi connectivity index (χ0n) is 5.66. The van der Waals surface area contributed by atoms with Crippen molar-refractivity contribution in [2.24, 2.45) is 5.92 Å². The predicted octanol–water partition coefficient (Wildman–Crippen LogP) is -1.00. The summed E-state index contributed by atoms with van der Waals surface area (Å²) in [6, 6.07) is 0. The van der Waals surface area contributed by atoms with E-state index in [1.165, 1.54) is 0 Å². The van der Waals surface area contributed by atoms with Crippen LogP contribution in [0.2, 0.25) is 0 Å². The van der Waals surface area contributed by atoms with Crippen LogP contribution in [-0.2, 0) is 0 Å². The molecular formula is C4H10ClNa. The second kappa shape index (κ2) is 6.29. The summed E-state index contributed by atoms with van der Waals surface area (Å²) < 4.78 is 0. The van der Waals surface area contributed by atoms with Gasteiger partial charge in [0.2, 0.25) is 0 Å². The van der Waals surface area contributed by atoms with Crippen LogP contribution in [-0.4, -0.2) is 5.88 Å². The third kappa shape index (κ3) is 8.99. The molecule has 0 aliphatic carbocycles. The molecular weight excluding hydrogens is 106 g/mol. The van der Waals surface area contributed by atoms with E-state index in [0.29, 0.717) is 5.92 Å². The van der Waals surface area contributed by atoms with E-state index < -0.39 is 0 Å². The Hall–Kier alpha value is 1.29. The average molecular weight is 117 g/mol. The summed E-state index contributed by atoms with van der Waals surface area (Å²) in [5, 5.41) is 0. The number of hydrogen-bond donors (Lipinski definition) is 0. The second-order valence-corrected chi connectivity index (χ2v) is 1.86. The van der Waals surface area contributed by atoms with Gasteiger partial charge in [-0.1, -0.05) is 13.8 Å². The zero-order valence-corrected chi connectivity index (χ0v) is 7.42. The third-order valence-corrected chi connectivity index (χ3v) is 0.926. The van der Waals surface area contributed by atoms with Crippen molar-refractivity contribution in [2.45, 2.75) is 13.8 Å². The maximum Gasteiger partial charge on any atom is 1.00 e. The van der Waals surface area contributed by atoms with Gasteiger partial charge in [0, 0.05) is 5.88 Å². The van der Waals surface area contributed by atoms with Gasteiger partial charge in [-0.3, -0.25) is 0 Å². The summed E-state index contributed by atoms with van der Waals surface area (Å²) >= 11 is 5.34. The molecule has 6 heavy (non-hydrogen) atoms. The molecule has 0 aromatic rings. The van der Waals surface area contributed by atoms with Crippen molar-refractivity contribution in [1.82, 2.24) is 0 Å². The largest absolute Gasteiger partial charge is 1.00 e. The van der Waals surface area contributed by atoms with Crippen molar-refractivity contribution in [2.75, 3.05) is 5.88 Å². The number of halogens is 1. The van der Waals surface area contributed by atoms with Crippen molar-refractivity contribution < 1.29 is 31.0 Å². The fraction of sp³-hybridized carbons (Fsp3) is 1.00. The zero-order chi connectivity index (χ0) is 4.28. The molecule has 34 valence electrons. The Morgan fingerprint density at radius 2 is 1.83 bits per heavy atom. The minimum Gasteiger partial charge on any atom is -1.00 e. The van der Waals surface area contributed by atoms with Crippen molar-refractivity contribution in [3.63, 3.8) is 0 Å². The quantitative estimate of drug-likeness (QED) is 0.305. The summed E-state index contributed by atoms with van der Waals surface area (Å²) in [6.45, 7) is 4.18. The molecule has 0 radical (unpaired) electrons. The van der Waals surface area contributed by atoms with E-state index in [1.807, 2.05) is 0 Å². The molecule has 0 aliphatic heterocycles. The Bertz CT molecular complexity index is 25.7. The molecule has 0 amide bonds. The topological polar surface area (TPSA) is 0 Å². The van der Waals surface area contributed by atoms with Crippen LogP contribution < -0.4 is 29.6 Å². The Kier molecular flexibility index (Phi) is 10.8. The van der Waals surface area contributed by atoms with Crippen molar-refractivity contribution in [3.8, 4) is 0 Å². The Morgan fingerprint density at radius 3 is 1.83 bits per heavy atom. The molecule has 0 saturated heterocycles. The Labute approximate surface area is 68.0 Å². The first-order valence-corrected chi connectivity index (χ1v) is 2.36. The standard InChI is InChI=1S/C4H9Cl.Na.H/c1-4(2)3-5;;/h4H,3H2,1-2H3;;/q;+1;-1. The molecule has 0 aromatic heterocycles.